The zero-order valence-electron chi connectivity index (χ0n) is 10.4. The Kier molecular flexibility index (Phi) is 4.54. The van der Waals surface area contributed by atoms with Crippen molar-refractivity contribution in [3.8, 4) is 0 Å². The number of ether oxygens (including phenoxy) is 1. The molecule has 102 valence electrons. The lowest BCUT2D eigenvalue weighted by Crippen LogP contribution is -2.49. The lowest BCUT2D eigenvalue weighted by atomic mass is 9.96. The fourth-order valence-electron chi connectivity index (χ4n) is 2.69. The molecule has 1 aliphatic carbocycles. The van der Waals surface area contributed by atoms with Crippen LogP contribution in [0.5, 0.6) is 0 Å². The zero-order chi connectivity index (χ0) is 13.0. The smallest absolute Gasteiger partial charge is 0.306 e. The van der Waals surface area contributed by atoms with Crippen LogP contribution in [-0.2, 0) is 14.3 Å². The monoisotopic (exact) mass is 256 g/mol. The Bertz CT molecular complexity index is 315. The van der Waals surface area contributed by atoms with Gasteiger partial charge in [-0.2, -0.15) is 0 Å². The van der Waals surface area contributed by atoms with Crippen LogP contribution in [0.4, 0.5) is 0 Å². The first-order chi connectivity index (χ1) is 8.68. The quantitative estimate of drug-likeness (QED) is 0.636. The maximum Gasteiger partial charge on any atom is 0.306 e. The van der Waals surface area contributed by atoms with Crippen molar-refractivity contribution in [3.05, 3.63) is 0 Å². The summed E-state index contributed by atoms with van der Waals surface area (Å²) >= 11 is 0. The number of carbonyl (C=O) groups excluding carboxylic acids is 1. The molecule has 1 aliphatic heterocycles. The lowest BCUT2D eigenvalue weighted by Gasteiger charge is -2.24. The number of morpholine rings is 1. The maximum atomic E-state index is 11.8. The number of rotatable bonds is 4. The standard InChI is InChI=1S/C12H20N2O4/c15-11(10-7-13-4-5-18-10)14-6-8-2-1-3-9(8)12(16)17/h8-10,13H,1-7H2,(H,14,15)(H,16,17). The van der Waals surface area contributed by atoms with Gasteiger partial charge >= 0.3 is 5.97 Å². The molecule has 1 saturated carbocycles. The number of nitrogens with one attached hydrogen (secondary N) is 2. The highest BCUT2D eigenvalue weighted by molar-refractivity contribution is 5.81. The summed E-state index contributed by atoms with van der Waals surface area (Å²) < 4.78 is 5.34. The first kappa shape index (κ1) is 13.3. The van der Waals surface area contributed by atoms with Crippen LogP contribution in [0.1, 0.15) is 19.3 Å². The fraction of sp³-hybridized carbons (Fsp3) is 0.833. The van der Waals surface area contributed by atoms with E-state index in [2.05, 4.69) is 10.6 Å². The van der Waals surface area contributed by atoms with Gasteiger partial charge < -0.3 is 20.5 Å². The van der Waals surface area contributed by atoms with Gasteiger partial charge in [-0.3, -0.25) is 9.59 Å². The van der Waals surface area contributed by atoms with Crippen LogP contribution in [0.2, 0.25) is 0 Å². The highest BCUT2D eigenvalue weighted by Gasteiger charge is 2.33. The van der Waals surface area contributed by atoms with E-state index in [1.54, 1.807) is 0 Å². The predicted molar refractivity (Wildman–Crippen MR) is 64.1 cm³/mol. The molecule has 1 amide bonds. The minimum Gasteiger partial charge on any atom is -0.481 e. The number of hydrogen-bond acceptors (Lipinski definition) is 4. The topological polar surface area (TPSA) is 87.7 Å². The fourth-order valence-corrected chi connectivity index (χ4v) is 2.69. The summed E-state index contributed by atoms with van der Waals surface area (Å²) in [5.41, 5.74) is 0. The third kappa shape index (κ3) is 3.20. The molecule has 1 saturated heterocycles. The number of carboxylic acid groups (broad SMARTS) is 1. The van der Waals surface area contributed by atoms with Gasteiger partial charge in [0.15, 0.2) is 0 Å². The van der Waals surface area contributed by atoms with Crippen LogP contribution >= 0.6 is 0 Å². The summed E-state index contributed by atoms with van der Waals surface area (Å²) in [7, 11) is 0. The molecule has 6 heteroatoms. The van der Waals surface area contributed by atoms with E-state index in [0.29, 0.717) is 19.7 Å². The summed E-state index contributed by atoms with van der Waals surface area (Å²) in [6.45, 7) is 2.28. The van der Waals surface area contributed by atoms with Crippen LogP contribution in [0, 0.1) is 11.8 Å². The van der Waals surface area contributed by atoms with E-state index in [9.17, 15) is 9.59 Å². The molecule has 1 heterocycles. The van der Waals surface area contributed by atoms with Crippen molar-refractivity contribution in [1.82, 2.24) is 10.6 Å². The van der Waals surface area contributed by atoms with Gasteiger partial charge in [0.1, 0.15) is 6.10 Å². The molecule has 0 aromatic carbocycles. The molecule has 3 unspecified atom stereocenters. The summed E-state index contributed by atoms with van der Waals surface area (Å²) in [4.78, 5) is 22.8. The molecule has 0 radical (unpaired) electrons. The van der Waals surface area contributed by atoms with Crippen molar-refractivity contribution in [2.24, 2.45) is 11.8 Å². The molecular weight excluding hydrogens is 236 g/mol. The second-order valence-electron chi connectivity index (χ2n) is 4.94. The Morgan fingerprint density at radius 2 is 2.22 bits per heavy atom. The first-order valence-electron chi connectivity index (χ1n) is 6.51. The third-order valence-corrected chi connectivity index (χ3v) is 3.73. The van der Waals surface area contributed by atoms with E-state index >= 15 is 0 Å². The summed E-state index contributed by atoms with van der Waals surface area (Å²) in [5.74, 6) is -1.14. The second-order valence-corrected chi connectivity index (χ2v) is 4.94. The van der Waals surface area contributed by atoms with Crippen molar-refractivity contribution in [2.45, 2.75) is 25.4 Å². The third-order valence-electron chi connectivity index (χ3n) is 3.73. The largest absolute Gasteiger partial charge is 0.481 e. The maximum absolute atomic E-state index is 11.8. The minimum absolute atomic E-state index is 0.0583. The van der Waals surface area contributed by atoms with Crippen molar-refractivity contribution in [1.29, 1.82) is 0 Å². The van der Waals surface area contributed by atoms with Crippen LogP contribution in [0.25, 0.3) is 0 Å². The van der Waals surface area contributed by atoms with Crippen LogP contribution in [0.3, 0.4) is 0 Å². The van der Waals surface area contributed by atoms with Gasteiger partial charge in [-0.25, -0.2) is 0 Å². The van der Waals surface area contributed by atoms with Gasteiger partial charge in [-0.05, 0) is 18.8 Å². The number of aliphatic carboxylic acids is 1. The van der Waals surface area contributed by atoms with Gasteiger partial charge in [-0.1, -0.05) is 6.42 Å². The van der Waals surface area contributed by atoms with E-state index in [-0.39, 0.29) is 17.7 Å². The Labute approximate surface area is 106 Å². The van der Waals surface area contributed by atoms with E-state index in [1.165, 1.54) is 0 Å². The SMILES string of the molecule is O=C(NCC1CCCC1C(=O)O)C1CNCCO1. The molecule has 0 aromatic heterocycles. The molecule has 2 rings (SSSR count). The Morgan fingerprint density at radius 3 is 2.89 bits per heavy atom. The van der Waals surface area contributed by atoms with Gasteiger partial charge in [0.05, 0.1) is 12.5 Å². The summed E-state index contributed by atoms with van der Waals surface area (Å²) in [5, 5.41) is 15.0. The number of carboxylic acids is 1. The summed E-state index contributed by atoms with van der Waals surface area (Å²) in [6.07, 6.45) is 2.08. The molecule has 3 atom stereocenters. The lowest BCUT2D eigenvalue weighted by molar-refractivity contribution is -0.143. The molecule has 0 bridgehead atoms. The van der Waals surface area contributed by atoms with Crippen molar-refractivity contribution in [2.75, 3.05) is 26.2 Å². The second kappa shape index (κ2) is 6.15. The molecule has 0 spiro atoms. The number of carbonyl (C=O) groups is 2. The van der Waals surface area contributed by atoms with Crippen LogP contribution in [-0.4, -0.2) is 49.3 Å². The van der Waals surface area contributed by atoms with E-state index in [0.717, 1.165) is 25.8 Å². The average Bonchev–Trinajstić information content (AvgIpc) is 2.85. The first-order valence-corrected chi connectivity index (χ1v) is 6.51. The van der Waals surface area contributed by atoms with Crippen LogP contribution < -0.4 is 10.6 Å². The average molecular weight is 256 g/mol. The van der Waals surface area contributed by atoms with E-state index < -0.39 is 12.1 Å². The van der Waals surface area contributed by atoms with Crippen LogP contribution in [0.15, 0.2) is 0 Å². The Hall–Kier alpha value is -1.14. The van der Waals surface area contributed by atoms with Crippen molar-refractivity contribution >= 4 is 11.9 Å². The molecular formula is C12H20N2O4. The zero-order valence-corrected chi connectivity index (χ0v) is 10.4. The van der Waals surface area contributed by atoms with Gasteiger partial charge in [-0.15, -0.1) is 0 Å². The molecule has 0 aromatic rings. The highest BCUT2D eigenvalue weighted by Crippen LogP contribution is 2.31. The van der Waals surface area contributed by atoms with E-state index in [1.807, 2.05) is 0 Å². The molecule has 2 fully saturated rings. The van der Waals surface area contributed by atoms with Crippen molar-refractivity contribution < 1.29 is 19.4 Å². The molecule has 2 aliphatic rings. The Balaban J connectivity index is 1.76. The normalized spacial score (nSPS) is 32.1. The molecule has 6 nitrogen and oxygen atoms in total. The summed E-state index contributed by atoms with van der Waals surface area (Å²) in [6, 6.07) is 0. The van der Waals surface area contributed by atoms with Gasteiger partial charge in [0.25, 0.3) is 0 Å². The Morgan fingerprint density at radius 1 is 1.39 bits per heavy atom. The molecule has 18 heavy (non-hydrogen) atoms. The number of hydrogen-bond donors (Lipinski definition) is 3. The number of amides is 1. The van der Waals surface area contributed by atoms with Gasteiger partial charge in [0, 0.05) is 19.6 Å². The van der Waals surface area contributed by atoms with Gasteiger partial charge in [0.2, 0.25) is 5.91 Å². The highest BCUT2D eigenvalue weighted by atomic mass is 16.5. The van der Waals surface area contributed by atoms with E-state index in [4.69, 9.17) is 9.84 Å². The van der Waals surface area contributed by atoms with Crippen molar-refractivity contribution in [3.63, 3.8) is 0 Å². The predicted octanol–water partition coefficient (Wildman–Crippen LogP) is -0.408. The molecule has 3 N–H and O–H groups in total. The minimum atomic E-state index is -0.748.